The molecule has 0 amide bonds. The summed E-state index contributed by atoms with van der Waals surface area (Å²) in [6.45, 7) is 1.65. The van der Waals surface area contributed by atoms with Gasteiger partial charge in [-0.05, 0) is 6.92 Å². The molecule has 0 radical (unpaired) electrons. The molecule has 0 saturated heterocycles. The van der Waals surface area contributed by atoms with Crippen molar-refractivity contribution >= 4 is 0 Å². The molecule has 1 N–H and O–H groups in total. The van der Waals surface area contributed by atoms with E-state index in [0.29, 0.717) is 12.0 Å². The van der Waals surface area contributed by atoms with Crippen LogP contribution < -0.4 is 5.32 Å². The third kappa shape index (κ3) is 1.76. The van der Waals surface area contributed by atoms with E-state index in [4.69, 9.17) is 0 Å². The monoisotopic (exact) mass is 89.1 g/mol. The number of allylic oxidation sites excluding steroid dienone is 1. The first kappa shape index (κ1) is 5.47. The smallest absolute Gasteiger partial charge is 0.105 e. The maximum Gasteiger partial charge on any atom is 0.105 e. The first-order valence-electron chi connectivity index (χ1n) is 1.76. The van der Waals surface area contributed by atoms with Crippen LogP contribution in [0.4, 0.5) is 4.39 Å². The summed E-state index contributed by atoms with van der Waals surface area (Å²) >= 11 is 0. The minimum atomic E-state index is 0.528. The lowest BCUT2D eigenvalue weighted by Gasteiger charge is -1.89. The molecule has 0 rings (SSSR count). The molecule has 2 heteroatoms. The largest absolute Gasteiger partial charge is 0.390 e. The number of rotatable bonds is 1. The Hall–Kier alpha value is -0.530. The number of hydrogen-bond acceptors (Lipinski definition) is 1. The van der Waals surface area contributed by atoms with Crippen LogP contribution in [0, 0.1) is 0 Å². The van der Waals surface area contributed by atoms with Gasteiger partial charge in [0.1, 0.15) is 6.33 Å². The Labute approximate surface area is 36.9 Å². The van der Waals surface area contributed by atoms with Crippen molar-refractivity contribution in [2.75, 3.05) is 7.05 Å². The van der Waals surface area contributed by atoms with Crippen molar-refractivity contribution in [1.29, 1.82) is 0 Å². The van der Waals surface area contributed by atoms with Crippen LogP contribution in [0.15, 0.2) is 12.0 Å². The molecule has 0 saturated carbocycles. The van der Waals surface area contributed by atoms with Crippen molar-refractivity contribution in [2.45, 2.75) is 6.92 Å². The van der Waals surface area contributed by atoms with E-state index in [9.17, 15) is 4.39 Å². The van der Waals surface area contributed by atoms with Gasteiger partial charge < -0.3 is 5.32 Å². The van der Waals surface area contributed by atoms with Gasteiger partial charge in [-0.1, -0.05) is 0 Å². The zero-order chi connectivity index (χ0) is 4.99. The molecule has 0 bridgehead atoms. The van der Waals surface area contributed by atoms with Crippen molar-refractivity contribution in [1.82, 2.24) is 5.32 Å². The fraction of sp³-hybridized carbons (Fsp3) is 0.500. The molecule has 0 fully saturated rings. The highest BCUT2D eigenvalue weighted by molar-refractivity contribution is 4.86. The highest BCUT2D eigenvalue weighted by Gasteiger charge is 1.72. The molecule has 0 atom stereocenters. The molecule has 0 aromatic heterocycles. The van der Waals surface area contributed by atoms with E-state index in [1.54, 1.807) is 14.0 Å². The van der Waals surface area contributed by atoms with Gasteiger partial charge in [0, 0.05) is 12.7 Å². The molecule has 0 unspecified atom stereocenters. The third-order valence-corrected chi connectivity index (χ3v) is 0.558. The predicted octanol–water partition coefficient (Wildman–Crippen LogP) is 1.04. The lowest BCUT2D eigenvalue weighted by molar-refractivity contribution is 0.695. The first-order chi connectivity index (χ1) is 2.81. The van der Waals surface area contributed by atoms with E-state index >= 15 is 0 Å². The van der Waals surface area contributed by atoms with Crippen molar-refractivity contribution in [2.24, 2.45) is 0 Å². The summed E-state index contributed by atoms with van der Waals surface area (Å²) in [5.41, 5.74) is 0.551. The Morgan fingerprint density at radius 2 is 2.33 bits per heavy atom. The molecular weight excluding hydrogens is 81.0 g/mol. The highest BCUT2D eigenvalue weighted by atomic mass is 19.1. The quantitative estimate of drug-likeness (QED) is 0.506. The fourth-order valence-electron chi connectivity index (χ4n) is 0.0546. The summed E-state index contributed by atoms with van der Waals surface area (Å²) in [6, 6.07) is 0. The lowest BCUT2D eigenvalue weighted by Crippen LogP contribution is -1.99. The Balaban J connectivity index is 3.22. The molecule has 6 heavy (non-hydrogen) atoms. The SMILES string of the molecule is CN/C(C)=C/F. The normalized spacial score (nSPS) is 11.5. The van der Waals surface area contributed by atoms with Gasteiger partial charge in [0.05, 0.1) is 0 Å². The fourth-order valence-corrected chi connectivity index (χ4v) is 0.0546. The van der Waals surface area contributed by atoms with Crippen LogP contribution in [0.5, 0.6) is 0 Å². The van der Waals surface area contributed by atoms with Gasteiger partial charge in [-0.2, -0.15) is 0 Å². The van der Waals surface area contributed by atoms with Crippen molar-refractivity contribution in [3.8, 4) is 0 Å². The van der Waals surface area contributed by atoms with Crippen LogP contribution in [0.1, 0.15) is 6.92 Å². The van der Waals surface area contributed by atoms with Gasteiger partial charge >= 0.3 is 0 Å². The maximum atomic E-state index is 11.2. The van der Waals surface area contributed by atoms with E-state index < -0.39 is 0 Å². The summed E-state index contributed by atoms with van der Waals surface area (Å²) in [5.74, 6) is 0. The first-order valence-corrected chi connectivity index (χ1v) is 1.76. The average molecular weight is 89.1 g/mol. The number of halogens is 1. The van der Waals surface area contributed by atoms with Gasteiger partial charge in [0.2, 0.25) is 0 Å². The summed E-state index contributed by atoms with van der Waals surface area (Å²) in [7, 11) is 1.67. The highest BCUT2D eigenvalue weighted by Crippen LogP contribution is 1.80. The molecule has 0 spiro atoms. The second kappa shape index (κ2) is 2.69. The average Bonchev–Trinajstić information content (AvgIpc) is 1.65. The van der Waals surface area contributed by atoms with E-state index in [1.165, 1.54) is 0 Å². The molecule has 0 aliphatic rings. The molecule has 1 nitrogen and oxygen atoms in total. The van der Waals surface area contributed by atoms with Crippen LogP contribution in [0.25, 0.3) is 0 Å². The minimum absolute atomic E-state index is 0.528. The Morgan fingerprint density at radius 3 is 2.33 bits per heavy atom. The third-order valence-electron chi connectivity index (χ3n) is 0.558. The molecule has 0 heterocycles. The summed E-state index contributed by atoms with van der Waals surface area (Å²) in [4.78, 5) is 0. The lowest BCUT2D eigenvalue weighted by atomic mass is 10.6. The van der Waals surface area contributed by atoms with Crippen LogP contribution in [-0.4, -0.2) is 7.05 Å². The standard InChI is InChI=1S/C4H8FN/c1-4(3-5)6-2/h3,6H,1-2H3/b4-3+. The minimum Gasteiger partial charge on any atom is -0.390 e. The van der Waals surface area contributed by atoms with Gasteiger partial charge in [0.25, 0.3) is 0 Å². The van der Waals surface area contributed by atoms with Crippen molar-refractivity contribution < 1.29 is 4.39 Å². The topological polar surface area (TPSA) is 12.0 Å². The van der Waals surface area contributed by atoms with Crippen LogP contribution in [0.2, 0.25) is 0 Å². The molecule has 0 aromatic carbocycles. The molecule has 0 aliphatic carbocycles. The zero-order valence-corrected chi connectivity index (χ0v) is 3.96. The van der Waals surface area contributed by atoms with Gasteiger partial charge in [-0.15, -0.1) is 0 Å². The summed E-state index contributed by atoms with van der Waals surface area (Å²) < 4.78 is 11.2. The van der Waals surface area contributed by atoms with Crippen LogP contribution in [-0.2, 0) is 0 Å². The zero-order valence-electron chi connectivity index (χ0n) is 3.96. The summed E-state index contributed by atoms with van der Waals surface area (Å²) in [5, 5.41) is 2.60. The van der Waals surface area contributed by atoms with Crippen molar-refractivity contribution in [3.63, 3.8) is 0 Å². The number of hydrogen-bond donors (Lipinski definition) is 1. The van der Waals surface area contributed by atoms with Crippen molar-refractivity contribution in [3.05, 3.63) is 12.0 Å². The Bertz CT molecular complexity index is 58.6. The van der Waals surface area contributed by atoms with Gasteiger partial charge in [-0.25, -0.2) is 4.39 Å². The van der Waals surface area contributed by atoms with Crippen LogP contribution >= 0.6 is 0 Å². The Kier molecular flexibility index (Phi) is 2.46. The van der Waals surface area contributed by atoms with E-state index in [0.717, 1.165) is 0 Å². The van der Waals surface area contributed by atoms with Crippen LogP contribution in [0.3, 0.4) is 0 Å². The van der Waals surface area contributed by atoms with E-state index in [2.05, 4.69) is 5.32 Å². The molecule has 0 aromatic rings. The van der Waals surface area contributed by atoms with Gasteiger partial charge in [0.15, 0.2) is 0 Å². The van der Waals surface area contributed by atoms with E-state index in [1.807, 2.05) is 0 Å². The second-order valence-corrected chi connectivity index (χ2v) is 1.04. The Morgan fingerprint density at radius 1 is 1.83 bits per heavy atom. The van der Waals surface area contributed by atoms with Gasteiger partial charge in [-0.3, -0.25) is 0 Å². The number of nitrogens with one attached hydrogen (secondary N) is 1. The maximum absolute atomic E-state index is 11.2. The molecule has 0 aliphatic heterocycles. The van der Waals surface area contributed by atoms with E-state index in [-0.39, 0.29) is 0 Å². The summed E-state index contributed by atoms with van der Waals surface area (Å²) in [6.07, 6.45) is 0.528. The molecule has 36 valence electrons. The second-order valence-electron chi connectivity index (χ2n) is 1.04. The molecular formula is C4H8FN. The predicted molar refractivity (Wildman–Crippen MR) is 23.9 cm³/mol.